The van der Waals surface area contributed by atoms with Gasteiger partial charge in [0, 0.05) is 12.3 Å². The molecule has 0 saturated carbocycles. The van der Waals surface area contributed by atoms with Crippen LogP contribution in [-0.4, -0.2) is 46.2 Å². The second-order valence-electron chi connectivity index (χ2n) is 2.68. The van der Waals surface area contributed by atoms with Gasteiger partial charge in [-0.3, -0.25) is 4.39 Å². The van der Waals surface area contributed by atoms with E-state index < -0.39 is 0 Å². The normalized spacial score (nSPS) is 10.7. The van der Waals surface area contributed by atoms with Crippen molar-refractivity contribution < 1.29 is 4.39 Å². The SMILES string of the molecule is CNCCn1nnnc1SCCCF. The number of likely N-dealkylation sites (N-methyl/N-ethyl adjacent to an activating group) is 1. The largest absolute Gasteiger partial charge is 0.318 e. The zero-order valence-electron chi connectivity index (χ0n) is 8.11. The maximum absolute atomic E-state index is 11.8. The minimum absolute atomic E-state index is 0.287. The first-order chi connectivity index (χ1) is 6.88. The molecule has 1 N–H and O–H groups in total. The molecule has 1 aromatic heterocycles. The van der Waals surface area contributed by atoms with Crippen LogP contribution in [0, 0.1) is 0 Å². The number of hydrogen-bond donors (Lipinski definition) is 1. The third kappa shape index (κ3) is 3.59. The fraction of sp³-hybridized carbons (Fsp3) is 0.857. The maximum atomic E-state index is 11.8. The maximum Gasteiger partial charge on any atom is 0.209 e. The van der Waals surface area contributed by atoms with Crippen LogP contribution in [0.4, 0.5) is 4.39 Å². The highest BCUT2D eigenvalue weighted by atomic mass is 32.2. The van der Waals surface area contributed by atoms with Crippen LogP contribution in [0.25, 0.3) is 0 Å². The van der Waals surface area contributed by atoms with Gasteiger partial charge < -0.3 is 5.32 Å². The van der Waals surface area contributed by atoms with Gasteiger partial charge in [0.1, 0.15) is 0 Å². The first-order valence-electron chi connectivity index (χ1n) is 4.48. The summed E-state index contributed by atoms with van der Waals surface area (Å²) in [5.74, 6) is 0.719. The number of hydrogen-bond acceptors (Lipinski definition) is 5. The highest BCUT2D eigenvalue weighted by molar-refractivity contribution is 7.99. The van der Waals surface area contributed by atoms with Gasteiger partial charge in [-0.1, -0.05) is 11.8 Å². The van der Waals surface area contributed by atoms with E-state index in [1.807, 2.05) is 7.05 Å². The number of aromatic nitrogens is 4. The fourth-order valence-electron chi connectivity index (χ4n) is 0.876. The molecule has 80 valence electrons. The molecule has 0 fully saturated rings. The molecule has 0 radical (unpaired) electrons. The molecule has 0 unspecified atom stereocenters. The van der Waals surface area contributed by atoms with E-state index in [1.54, 1.807) is 4.68 Å². The minimum Gasteiger partial charge on any atom is -0.318 e. The van der Waals surface area contributed by atoms with E-state index in [9.17, 15) is 4.39 Å². The highest BCUT2D eigenvalue weighted by Gasteiger charge is 2.05. The molecule has 0 spiro atoms. The molecule has 7 heteroatoms. The van der Waals surface area contributed by atoms with Crippen molar-refractivity contribution in [1.82, 2.24) is 25.5 Å². The summed E-state index contributed by atoms with van der Waals surface area (Å²) >= 11 is 1.49. The Morgan fingerprint density at radius 2 is 2.43 bits per heavy atom. The van der Waals surface area contributed by atoms with E-state index in [0.29, 0.717) is 6.42 Å². The highest BCUT2D eigenvalue weighted by Crippen LogP contribution is 2.14. The molecule has 5 nitrogen and oxygen atoms in total. The van der Waals surface area contributed by atoms with Crippen LogP contribution in [0.2, 0.25) is 0 Å². The van der Waals surface area contributed by atoms with Crippen LogP contribution in [0.3, 0.4) is 0 Å². The van der Waals surface area contributed by atoms with Crippen molar-refractivity contribution in [1.29, 1.82) is 0 Å². The van der Waals surface area contributed by atoms with Gasteiger partial charge in [-0.2, -0.15) is 0 Å². The van der Waals surface area contributed by atoms with Gasteiger partial charge in [0.15, 0.2) is 0 Å². The quantitative estimate of drug-likeness (QED) is 0.529. The van der Waals surface area contributed by atoms with Gasteiger partial charge in [-0.05, 0) is 23.9 Å². The predicted molar refractivity (Wildman–Crippen MR) is 53.1 cm³/mol. The van der Waals surface area contributed by atoms with Gasteiger partial charge in [-0.25, -0.2) is 4.68 Å². The average molecular weight is 219 g/mol. The zero-order chi connectivity index (χ0) is 10.2. The van der Waals surface area contributed by atoms with E-state index in [4.69, 9.17) is 0 Å². The van der Waals surface area contributed by atoms with Crippen LogP contribution in [0.5, 0.6) is 0 Å². The van der Waals surface area contributed by atoms with Gasteiger partial charge in [0.05, 0.1) is 13.2 Å². The van der Waals surface area contributed by atoms with E-state index >= 15 is 0 Å². The molecule has 0 bridgehead atoms. The van der Waals surface area contributed by atoms with E-state index in [1.165, 1.54) is 11.8 Å². The van der Waals surface area contributed by atoms with Crippen molar-refractivity contribution >= 4 is 11.8 Å². The molecule has 0 aliphatic rings. The third-order valence-corrected chi connectivity index (χ3v) is 2.63. The molecule has 0 aliphatic carbocycles. The summed E-state index contributed by atoms with van der Waals surface area (Å²) in [6, 6.07) is 0. The molecule has 1 aromatic rings. The van der Waals surface area contributed by atoms with E-state index in [-0.39, 0.29) is 6.67 Å². The van der Waals surface area contributed by atoms with Gasteiger partial charge in [-0.15, -0.1) is 5.10 Å². The summed E-state index contributed by atoms with van der Waals surface area (Å²) in [6.45, 7) is 1.27. The average Bonchev–Trinajstić information content (AvgIpc) is 2.63. The summed E-state index contributed by atoms with van der Waals surface area (Å²) in [5, 5.41) is 15.0. The Bertz CT molecular complexity index is 254. The van der Waals surface area contributed by atoms with Crippen molar-refractivity contribution in [2.75, 3.05) is 26.0 Å². The molecule has 0 aromatic carbocycles. The van der Waals surface area contributed by atoms with Gasteiger partial charge >= 0.3 is 0 Å². The van der Waals surface area contributed by atoms with Crippen molar-refractivity contribution in [3.05, 3.63) is 0 Å². The Morgan fingerprint density at radius 1 is 1.57 bits per heavy atom. The smallest absolute Gasteiger partial charge is 0.209 e. The lowest BCUT2D eigenvalue weighted by molar-refractivity contribution is 0.488. The monoisotopic (exact) mass is 219 g/mol. The zero-order valence-corrected chi connectivity index (χ0v) is 8.93. The Hall–Kier alpha value is -0.690. The standard InChI is InChI=1S/C7H14FN5S/c1-9-4-5-13-7(10-11-12-13)14-6-2-3-8/h9H,2-6H2,1H3. The van der Waals surface area contributed by atoms with Crippen LogP contribution in [-0.2, 0) is 6.54 Å². The molecule has 1 heterocycles. The van der Waals surface area contributed by atoms with Crippen molar-refractivity contribution in [3.8, 4) is 0 Å². The lowest BCUT2D eigenvalue weighted by atomic mass is 10.6. The molecular formula is C7H14FN5S. The van der Waals surface area contributed by atoms with Crippen molar-refractivity contribution in [3.63, 3.8) is 0 Å². The lowest BCUT2D eigenvalue weighted by Gasteiger charge is -2.02. The number of rotatable bonds is 7. The Morgan fingerprint density at radius 3 is 3.14 bits per heavy atom. The molecule has 0 saturated heterocycles. The summed E-state index contributed by atoms with van der Waals surface area (Å²) < 4.78 is 13.6. The Balaban J connectivity index is 2.37. The van der Waals surface area contributed by atoms with Crippen LogP contribution in [0.15, 0.2) is 5.16 Å². The second-order valence-corrected chi connectivity index (χ2v) is 3.74. The predicted octanol–water partition coefficient (Wildman–Crippen LogP) is 0.344. The molecule has 0 aliphatic heterocycles. The fourth-order valence-corrected chi connectivity index (χ4v) is 1.68. The molecule has 14 heavy (non-hydrogen) atoms. The minimum atomic E-state index is -0.287. The number of thioether (sulfide) groups is 1. The topological polar surface area (TPSA) is 55.6 Å². The Labute approximate surface area is 86.4 Å². The number of halogens is 1. The number of alkyl halides is 1. The number of nitrogens with zero attached hydrogens (tertiary/aromatic N) is 4. The molecule has 0 atom stereocenters. The van der Waals surface area contributed by atoms with Gasteiger partial charge in [0.25, 0.3) is 0 Å². The third-order valence-electron chi connectivity index (χ3n) is 1.58. The van der Waals surface area contributed by atoms with Gasteiger partial charge in [0.2, 0.25) is 5.16 Å². The van der Waals surface area contributed by atoms with Crippen LogP contribution >= 0.6 is 11.8 Å². The lowest BCUT2D eigenvalue weighted by Crippen LogP contribution is -2.16. The second kappa shape index (κ2) is 6.72. The first kappa shape index (κ1) is 11.4. The summed E-state index contributed by atoms with van der Waals surface area (Å²) in [6.07, 6.45) is 0.545. The van der Waals surface area contributed by atoms with E-state index in [0.717, 1.165) is 24.0 Å². The molecule has 1 rings (SSSR count). The number of tetrazole rings is 1. The first-order valence-corrected chi connectivity index (χ1v) is 5.46. The van der Waals surface area contributed by atoms with Crippen LogP contribution in [0.1, 0.15) is 6.42 Å². The van der Waals surface area contributed by atoms with E-state index in [2.05, 4.69) is 20.8 Å². The summed E-state index contributed by atoms with van der Waals surface area (Å²) in [4.78, 5) is 0. The molecular weight excluding hydrogens is 205 g/mol. The summed E-state index contributed by atoms with van der Waals surface area (Å²) in [7, 11) is 1.88. The van der Waals surface area contributed by atoms with Crippen LogP contribution < -0.4 is 5.32 Å². The summed E-state index contributed by atoms with van der Waals surface area (Å²) in [5.41, 5.74) is 0. The van der Waals surface area contributed by atoms with Crippen molar-refractivity contribution in [2.45, 2.75) is 18.1 Å². The van der Waals surface area contributed by atoms with Crippen molar-refractivity contribution in [2.24, 2.45) is 0 Å². The molecule has 0 amide bonds. The Kier molecular flexibility index (Phi) is 5.46. The number of nitrogens with one attached hydrogen (secondary N) is 1.